The molecule has 0 saturated carbocycles. The van der Waals surface area contributed by atoms with Gasteiger partial charge in [0.2, 0.25) is 5.91 Å². The molecule has 8 heteroatoms. The highest BCUT2D eigenvalue weighted by molar-refractivity contribution is 7.17. The predicted octanol–water partition coefficient (Wildman–Crippen LogP) is 0.934. The Morgan fingerprint density at radius 3 is 2.47 bits per heavy atom. The molecule has 1 aromatic heterocycles. The second-order valence-corrected chi connectivity index (χ2v) is 4.82. The lowest BCUT2D eigenvalue weighted by Crippen LogP contribution is -2.31. The SMILES string of the molecule is CCN(C)C(=O)CNc1nc(C(=O)O)c(C(C)=O)s1. The number of ketones is 1. The fourth-order valence-electron chi connectivity index (χ4n) is 1.24. The lowest BCUT2D eigenvalue weighted by molar-refractivity contribution is -0.127. The Bertz CT molecular complexity index is 481. The summed E-state index contributed by atoms with van der Waals surface area (Å²) >= 11 is 0.934. The maximum Gasteiger partial charge on any atom is 0.356 e. The van der Waals surface area contributed by atoms with Gasteiger partial charge in [-0.1, -0.05) is 11.3 Å². The minimum atomic E-state index is -1.26. The number of carboxylic acids is 1. The highest BCUT2D eigenvalue weighted by Gasteiger charge is 2.20. The summed E-state index contributed by atoms with van der Waals surface area (Å²) in [6.45, 7) is 3.71. The van der Waals surface area contributed by atoms with E-state index in [9.17, 15) is 14.4 Å². The number of aromatic carboxylic acids is 1. The number of carboxylic acid groups (broad SMARTS) is 1. The third-order valence-electron chi connectivity index (χ3n) is 2.44. The number of Topliss-reactive ketones (excluding diaryl/α,β-unsaturated/α-hetero) is 1. The third kappa shape index (κ3) is 3.75. The van der Waals surface area contributed by atoms with E-state index in [1.807, 2.05) is 6.92 Å². The highest BCUT2D eigenvalue weighted by atomic mass is 32.1. The summed E-state index contributed by atoms with van der Waals surface area (Å²) in [6.07, 6.45) is 0. The summed E-state index contributed by atoms with van der Waals surface area (Å²) in [5.41, 5.74) is -0.281. The summed E-state index contributed by atoms with van der Waals surface area (Å²) in [7, 11) is 1.66. The second kappa shape index (κ2) is 6.28. The molecule has 1 aromatic rings. The van der Waals surface area contributed by atoms with Crippen LogP contribution in [-0.4, -0.2) is 52.8 Å². The zero-order chi connectivity index (χ0) is 14.6. The maximum absolute atomic E-state index is 11.6. The zero-order valence-corrected chi connectivity index (χ0v) is 11.7. The van der Waals surface area contributed by atoms with Crippen LogP contribution in [-0.2, 0) is 4.79 Å². The van der Waals surface area contributed by atoms with Gasteiger partial charge in [-0.3, -0.25) is 9.59 Å². The Hall–Kier alpha value is -1.96. The minimum Gasteiger partial charge on any atom is -0.476 e. The van der Waals surface area contributed by atoms with Gasteiger partial charge in [-0.15, -0.1) is 0 Å². The first-order valence-electron chi connectivity index (χ1n) is 5.59. The Labute approximate surface area is 114 Å². The van der Waals surface area contributed by atoms with Crippen LogP contribution in [0, 0.1) is 0 Å². The number of hydrogen-bond acceptors (Lipinski definition) is 6. The first-order valence-corrected chi connectivity index (χ1v) is 6.41. The van der Waals surface area contributed by atoms with Crippen LogP contribution in [0.15, 0.2) is 0 Å². The molecule has 0 aromatic carbocycles. The number of likely N-dealkylation sites (N-methyl/N-ethyl adjacent to an activating group) is 1. The summed E-state index contributed by atoms with van der Waals surface area (Å²) in [4.78, 5) is 39.2. The topological polar surface area (TPSA) is 99.6 Å². The van der Waals surface area contributed by atoms with Crippen LogP contribution in [0.3, 0.4) is 0 Å². The van der Waals surface area contributed by atoms with E-state index in [4.69, 9.17) is 5.11 Å². The molecule has 104 valence electrons. The average Bonchev–Trinajstić information content (AvgIpc) is 2.79. The Morgan fingerprint density at radius 1 is 1.42 bits per heavy atom. The number of anilines is 1. The standard InChI is InChI=1S/C11H15N3O4S/c1-4-14(3)7(16)5-12-11-13-8(10(17)18)9(19-11)6(2)15/h4-5H2,1-3H3,(H,12,13)(H,17,18). The van der Waals surface area contributed by atoms with Crippen molar-refractivity contribution < 1.29 is 19.5 Å². The molecule has 0 atom stereocenters. The maximum atomic E-state index is 11.6. The molecule has 0 spiro atoms. The number of amides is 1. The van der Waals surface area contributed by atoms with Gasteiger partial charge in [0.05, 0.1) is 6.54 Å². The van der Waals surface area contributed by atoms with E-state index >= 15 is 0 Å². The molecule has 0 saturated heterocycles. The molecule has 0 bridgehead atoms. The van der Waals surface area contributed by atoms with Crippen molar-refractivity contribution in [3.05, 3.63) is 10.6 Å². The summed E-state index contributed by atoms with van der Waals surface area (Å²) in [5.74, 6) is -1.76. The van der Waals surface area contributed by atoms with Crippen LogP contribution in [0.25, 0.3) is 0 Å². The fourth-order valence-corrected chi connectivity index (χ4v) is 2.09. The molecule has 0 unspecified atom stereocenters. The van der Waals surface area contributed by atoms with Crippen LogP contribution in [0.2, 0.25) is 0 Å². The van der Waals surface area contributed by atoms with E-state index in [2.05, 4.69) is 10.3 Å². The van der Waals surface area contributed by atoms with E-state index in [1.165, 1.54) is 11.8 Å². The van der Waals surface area contributed by atoms with E-state index in [-0.39, 0.29) is 33.9 Å². The molecule has 1 heterocycles. The largest absolute Gasteiger partial charge is 0.476 e. The van der Waals surface area contributed by atoms with Crippen molar-refractivity contribution in [3.8, 4) is 0 Å². The summed E-state index contributed by atoms with van der Waals surface area (Å²) in [5, 5.41) is 11.9. The van der Waals surface area contributed by atoms with Crippen molar-refractivity contribution in [2.24, 2.45) is 0 Å². The van der Waals surface area contributed by atoms with Gasteiger partial charge in [0.1, 0.15) is 4.88 Å². The predicted molar refractivity (Wildman–Crippen MR) is 70.9 cm³/mol. The molecule has 0 aliphatic heterocycles. The second-order valence-electron chi connectivity index (χ2n) is 3.82. The molecular formula is C11H15N3O4S. The van der Waals surface area contributed by atoms with Crippen molar-refractivity contribution in [2.75, 3.05) is 25.5 Å². The summed E-state index contributed by atoms with van der Waals surface area (Å²) in [6, 6.07) is 0. The van der Waals surface area contributed by atoms with E-state index in [0.717, 1.165) is 11.3 Å². The van der Waals surface area contributed by atoms with Crippen LogP contribution in [0.5, 0.6) is 0 Å². The quantitative estimate of drug-likeness (QED) is 0.754. The first-order chi connectivity index (χ1) is 8.86. The van der Waals surface area contributed by atoms with Crippen molar-refractivity contribution >= 4 is 34.1 Å². The molecule has 0 fully saturated rings. The Balaban J connectivity index is 2.81. The lowest BCUT2D eigenvalue weighted by Gasteiger charge is -2.14. The number of nitrogens with one attached hydrogen (secondary N) is 1. The van der Waals surface area contributed by atoms with E-state index in [1.54, 1.807) is 7.05 Å². The van der Waals surface area contributed by atoms with Crippen molar-refractivity contribution in [3.63, 3.8) is 0 Å². The van der Waals surface area contributed by atoms with Crippen LogP contribution in [0.4, 0.5) is 5.13 Å². The first kappa shape index (κ1) is 15.1. The number of hydrogen-bond donors (Lipinski definition) is 2. The molecule has 7 nitrogen and oxygen atoms in total. The molecular weight excluding hydrogens is 270 g/mol. The van der Waals surface area contributed by atoms with Gasteiger partial charge in [0.25, 0.3) is 0 Å². The number of thiazole rings is 1. The fraction of sp³-hybridized carbons (Fsp3) is 0.455. The van der Waals surface area contributed by atoms with Crippen molar-refractivity contribution in [1.29, 1.82) is 0 Å². The van der Waals surface area contributed by atoms with Gasteiger partial charge in [-0.25, -0.2) is 9.78 Å². The van der Waals surface area contributed by atoms with Gasteiger partial charge in [0.15, 0.2) is 16.6 Å². The molecule has 1 amide bonds. The normalized spacial score (nSPS) is 10.1. The minimum absolute atomic E-state index is 0.00819. The van der Waals surface area contributed by atoms with Gasteiger partial charge >= 0.3 is 5.97 Å². The van der Waals surface area contributed by atoms with Crippen LogP contribution in [0.1, 0.15) is 34.0 Å². The van der Waals surface area contributed by atoms with Gasteiger partial charge in [-0.05, 0) is 6.92 Å². The van der Waals surface area contributed by atoms with Crippen LogP contribution < -0.4 is 5.32 Å². The monoisotopic (exact) mass is 285 g/mol. The van der Waals surface area contributed by atoms with Gasteiger partial charge in [0, 0.05) is 20.5 Å². The van der Waals surface area contributed by atoms with Crippen molar-refractivity contribution in [1.82, 2.24) is 9.88 Å². The van der Waals surface area contributed by atoms with Gasteiger partial charge < -0.3 is 15.3 Å². The van der Waals surface area contributed by atoms with E-state index in [0.29, 0.717) is 6.54 Å². The third-order valence-corrected chi connectivity index (χ3v) is 3.55. The molecule has 0 aliphatic rings. The highest BCUT2D eigenvalue weighted by Crippen LogP contribution is 2.23. The van der Waals surface area contributed by atoms with E-state index < -0.39 is 5.97 Å². The smallest absolute Gasteiger partial charge is 0.356 e. The number of carbonyl (C=O) groups is 3. The molecule has 19 heavy (non-hydrogen) atoms. The Morgan fingerprint density at radius 2 is 2.05 bits per heavy atom. The molecule has 0 radical (unpaired) electrons. The molecule has 0 aliphatic carbocycles. The number of carbonyl (C=O) groups excluding carboxylic acids is 2. The average molecular weight is 285 g/mol. The van der Waals surface area contributed by atoms with Crippen molar-refractivity contribution in [2.45, 2.75) is 13.8 Å². The summed E-state index contributed by atoms with van der Waals surface area (Å²) < 4.78 is 0. The molecule has 1 rings (SSSR count). The number of nitrogens with zero attached hydrogens (tertiary/aromatic N) is 2. The van der Waals surface area contributed by atoms with Crippen LogP contribution >= 0.6 is 11.3 Å². The lowest BCUT2D eigenvalue weighted by atomic mass is 10.3. The number of aromatic nitrogens is 1. The number of rotatable bonds is 6. The Kier molecular flexibility index (Phi) is 4.99. The van der Waals surface area contributed by atoms with Gasteiger partial charge in [-0.2, -0.15) is 0 Å². The zero-order valence-electron chi connectivity index (χ0n) is 10.9. The molecule has 2 N–H and O–H groups in total.